The van der Waals surface area contributed by atoms with Gasteiger partial charge in [0.2, 0.25) is 5.91 Å². The summed E-state index contributed by atoms with van der Waals surface area (Å²) in [5, 5.41) is 21.8. The van der Waals surface area contributed by atoms with E-state index in [1.807, 2.05) is 26.0 Å². The first-order valence-electron chi connectivity index (χ1n) is 7.27. The number of amides is 1. The van der Waals surface area contributed by atoms with Crippen LogP contribution in [-0.4, -0.2) is 34.7 Å². The number of aliphatic hydroxyl groups is 1. The van der Waals surface area contributed by atoms with E-state index in [2.05, 4.69) is 5.32 Å². The predicted octanol–water partition coefficient (Wildman–Crippen LogP) is 1.03. The second-order valence-corrected chi connectivity index (χ2v) is 6.37. The number of nitrogens with one attached hydrogen (secondary N) is 1. The van der Waals surface area contributed by atoms with Crippen LogP contribution in [0.1, 0.15) is 26.7 Å². The SMILES string of the molecule is CC(C)CC(O)CNC(=O)[C@H]1C2C=CC(C2)[C@H]1C(=O)O. The minimum absolute atomic E-state index is 0.0196. The molecule has 0 aromatic carbocycles. The van der Waals surface area contributed by atoms with E-state index in [0.717, 1.165) is 6.42 Å². The van der Waals surface area contributed by atoms with Gasteiger partial charge in [-0.25, -0.2) is 0 Å². The normalized spacial score (nSPS) is 32.6. The lowest BCUT2D eigenvalue weighted by atomic mass is 9.82. The number of carbonyl (C=O) groups excluding carboxylic acids is 1. The summed E-state index contributed by atoms with van der Waals surface area (Å²) in [5.41, 5.74) is 0. The van der Waals surface area contributed by atoms with Crippen molar-refractivity contribution in [3.8, 4) is 0 Å². The van der Waals surface area contributed by atoms with Crippen LogP contribution in [0.15, 0.2) is 12.2 Å². The van der Waals surface area contributed by atoms with Crippen molar-refractivity contribution in [1.29, 1.82) is 0 Å². The molecule has 0 saturated heterocycles. The Balaban J connectivity index is 1.92. The number of allylic oxidation sites excluding steroid dienone is 2. The summed E-state index contributed by atoms with van der Waals surface area (Å²) in [6.07, 6.45) is 4.68. The number of hydrogen-bond acceptors (Lipinski definition) is 3. The Morgan fingerprint density at radius 2 is 1.85 bits per heavy atom. The number of carbonyl (C=O) groups is 2. The first kappa shape index (κ1) is 15.0. The van der Waals surface area contributed by atoms with Gasteiger partial charge < -0.3 is 15.5 Å². The molecule has 3 N–H and O–H groups in total. The van der Waals surface area contributed by atoms with Crippen LogP contribution >= 0.6 is 0 Å². The lowest BCUT2D eigenvalue weighted by Crippen LogP contribution is -2.42. The van der Waals surface area contributed by atoms with Gasteiger partial charge in [0.25, 0.3) is 0 Å². The van der Waals surface area contributed by atoms with Gasteiger partial charge in [0.05, 0.1) is 17.9 Å². The molecule has 2 bridgehead atoms. The van der Waals surface area contributed by atoms with Gasteiger partial charge >= 0.3 is 5.97 Å². The summed E-state index contributed by atoms with van der Waals surface area (Å²) < 4.78 is 0. The molecule has 5 heteroatoms. The maximum absolute atomic E-state index is 12.2. The van der Waals surface area contributed by atoms with E-state index in [0.29, 0.717) is 12.3 Å². The Morgan fingerprint density at radius 3 is 2.40 bits per heavy atom. The van der Waals surface area contributed by atoms with E-state index in [1.165, 1.54) is 0 Å². The second-order valence-electron chi connectivity index (χ2n) is 6.37. The van der Waals surface area contributed by atoms with Crippen molar-refractivity contribution < 1.29 is 19.8 Å². The molecule has 0 aromatic rings. The van der Waals surface area contributed by atoms with Crippen LogP contribution in [-0.2, 0) is 9.59 Å². The van der Waals surface area contributed by atoms with Crippen LogP contribution in [0.25, 0.3) is 0 Å². The minimum atomic E-state index is -0.898. The summed E-state index contributed by atoms with van der Waals surface area (Å²) in [6.45, 7) is 4.21. The third-order valence-electron chi connectivity index (χ3n) is 4.30. The maximum atomic E-state index is 12.2. The highest BCUT2D eigenvalue weighted by atomic mass is 16.4. The van der Waals surface area contributed by atoms with Crippen LogP contribution in [0, 0.1) is 29.6 Å². The van der Waals surface area contributed by atoms with Gasteiger partial charge in [-0.2, -0.15) is 0 Å². The second kappa shape index (κ2) is 5.95. The molecule has 1 saturated carbocycles. The zero-order valence-electron chi connectivity index (χ0n) is 12.0. The molecule has 1 amide bonds. The maximum Gasteiger partial charge on any atom is 0.307 e. The quantitative estimate of drug-likeness (QED) is 0.635. The zero-order chi connectivity index (χ0) is 14.9. The number of aliphatic carboxylic acids is 1. The molecule has 0 heterocycles. The number of hydrogen-bond donors (Lipinski definition) is 3. The molecule has 112 valence electrons. The van der Waals surface area contributed by atoms with Gasteiger partial charge in [-0.15, -0.1) is 0 Å². The fourth-order valence-electron chi connectivity index (χ4n) is 3.48. The Morgan fingerprint density at radius 1 is 1.25 bits per heavy atom. The van der Waals surface area contributed by atoms with Gasteiger partial charge in [0, 0.05) is 6.54 Å². The highest BCUT2D eigenvalue weighted by molar-refractivity contribution is 5.86. The van der Waals surface area contributed by atoms with Gasteiger partial charge in [0.15, 0.2) is 0 Å². The molecule has 1 fully saturated rings. The average Bonchev–Trinajstić information content (AvgIpc) is 2.94. The van der Waals surface area contributed by atoms with Crippen LogP contribution in [0.4, 0.5) is 0 Å². The lowest BCUT2D eigenvalue weighted by molar-refractivity contribution is -0.147. The average molecular weight is 281 g/mol. The van der Waals surface area contributed by atoms with Crippen LogP contribution < -0.4 is 5.32 Å². The number of aliphatic hydroxyl groups excluding tert-OH is 1. The number of fused-ring (bicyclic) bond motifs is 2. The smallest absolute Gasteiger partial charge is 0.307 e. The minimum Gasteiger partial charge on any atom is -0.481 e. The van der Waals surface area contributed by atoms with Crippen molar-refractivity contribution in [2.45, 2.75) is 32.8 Å². The summed E-state index contributed by atoms with van der Waals surface area (Å²) in [4.78, 5) is 23.5. The van der Waals surface area contributed by atoms with Gasteiger partial charge in [0.1, 0.15) is 0 Å². The van der Waals surface area contributed by atoms with Crippen molar-refractivity contribution in [3.05, 3.63) is 12.2 Å². The molecule has 0 radical (unpaired) electrons. The van der Waals surface area contributed by atoms with E-state index in [9.17, 15) is 19.8 Å². The summed E-state index contributed by atoms with van der Waals surface area (Å²) in [5.74, 6) is -1.88. The van der Waals surface area contributed by atoms with E-state index >= 15 is 0 Å². The monoisotopic (exact) mass is 281 g/mol. The largest absolute Gasteiger partial charge is 0.481 e. The van der Waals surface area contributed by atoms with Crippen molar-refractivity contribution >= 4 is 11.9 Å². The number of carboxylic acids is 1. The lowest BCUT2D eigenvalue weighted by Gasteiger charge is -2.24. The fourth-order valence-corrected chi connectivity index (χ4v) is 3.48. The van der Waals surface area contributed by atoms with Crippen molar-refractivity contribution in [2.24, 2.45) is 29.6 Å². The number of carboxylic acid groups (broad SMARTS) is 1. The van der Waals surface area contributed by atoms with Crippen molar-refractivity contribution in [1.82, 2.24) is 5.32 Å². The third-order valence-corrected chi connectivity index (χ3v) is 4.30. The highest BCUT2D eigenvalue weighted by Gasteiger charge is 2.51. The van der Waals surface area contributed by atoms with Gasteiger partial charge in [-0.05, 0) is 30.6 Å². The van der Waals surface area contributed by atoms with E-state index in [1.54, 1.807) is 0 Å². The molecule has 2 aliphatic carbocycles. The molecule has 5 nitrogen and oxygen atoms in total. The molecule has 20 heavy (non-hydrogen) atoms. The van der Waals surface area contributed by atoms with Crippen LogP contribution in [0.3, 0.4) is 0 Å². The van der Waals surface area contributed by atoms with Gasteiger partial charge in [-0.1, -0.05) is 26.0 Å². The van der Waals surface area contributed by atoms with E-state index in [4.69, 9.17) is 0 Å². The molecule has 2 aliphatic rings. The van der Waals surface area contributed by atoms with E-state index < -0.39 is 23.9 Å². The highest BCUT2D eigenvalue weighted by Crippen LogP contribution is 2.48. The first-order valence-corrected chi connectivity index (χ1v) is 7.27. The Bertz CT molecular complexity index is 418. The number of rotatable bonds is 6. The standard InChI is InChI=1S/C15H23NO4/c1-8(2)5-11(17)7-16-14(18)12-9-3-4-10(6-9)13(12)15(19)20/h3-4,8-13,17H,5-7H2,1-2H3,(H,16,18)(H,19,20)/t9?,10?,11?,12-,13+/m0/s1. The molecule has 5 atom stereocenters. The Kier molecular flexibility index (Phi) is 4.48. The summed E-state index contributed by atoms with van der Waals surface area (Å²) in [7, 11) is 0. The van der Waals surface area contributed by atoms with Crippen molar-refractivity contribution in [2.75, 3.05) is 6.54 Å². The predicted molar refractivity (Wildman–Crippen MR) is 73.8 cm³/mol. The molecule has 3 unspecified atom stereocenters. The summed E-state index contributed by atoms with van der Waals surface area (Å²) >= 11 is 0. The first-order chi connectivity index (χ1) is 9.40. The molecule has 0 aliphatic heterocycles. The van der Waals surface area contributed by atoms with E-state index in [-0.39, 0.29) is 24.3 Å². The molecular weight excluding hydrogens is 258 g/mol. The Hall–Kier alpha value is -1.36. The van der Waals surface area contributed by atoms with Crippen LogP contribution in [0.2, 0.25) is 0 Å². The summed E-state index contributed by atoms with van der Waals surface area (Å²) in [6, 6.07) is 0. The fraction of sp³-hybridized carbons (Fsp3) is 0.733. The molecular formula is C15H23NO4. The molecule has 0 aromatic heterocycles. The molecule has 0 spiro atoms. The zero-order valence-corrected chi connectivity index (χ0v) is 12.0. The molecule has 2 rings (SSSR count). The van der Waals surface area contributed by atoms with Crippen LogP contribution in [0.5, 0.6) is 0 Å². The van der Waals surface area contributed by atoms with Gasteiger partial charge in [-0.3, -0.25) is 9.59 Å². The Labute approximate surface area is 119 Å². The topological polar surface area (TPSA) is 86.6 Å². The third kappa shape index (κ3) is 3.03. The van der Waals surface area contributed by atoms with Crippen molar-refractivity contribution in [3.63, 3.8) is 0 Å².